The first-order chi connectivity index (χ1) is 14.2. The number of aromatic nitrogens is 1. The van der Waals surface area contributed by atoms with Crippen molar-refractivity contribution in [2.75, 3.05) is 13.1 Å². The van der Waals surface area contributed by atoms with Gasteiger partial charge in [-0.25, -0.2) is 0 Å². The lowest BCUT2D eigenvalue weighted by Crippen LogP contribution is -2.30. The fraction of sp³-hybridized carbons (Fsp3) is 0.520. The van der Waals surface area contributed by atoms with Crippen molar-refractivity contribution in [1.29, 1.82) is 0 Å². The van der Waals surface area contributed by atoms with Gasteiger partial charge in [-0.1, -0.05) is 56.6 Å². The largest absolute Gasteiger partial charge is 0.342 e. The average molecular weight is 427 g/mol. The first kappa shape index (κ1) is 21.2. The minimum atomic E-state index is -0.248. The summed E-state index contributed by atoms with van der Waals surface area (Å²) < 4.78 is 0. The van der Waals surface area contributed by atoms with E-state index in [4.69, 9.17) is 11.6 Å². The Balaban J connectivity index is 1.58. The molecule has 1 saturated carbocycles. The third kappa shape index (κ3) is 4.64. The third-order valence-corrected chi connectivity index (χ3v) is 6.83. The molecule has 1 aliphatic heterocycles. The number of aromatic amines is 1. The smallest absolute Gasteiger partial charge is 0.266 e. The molecule has 0 bridgehead atoms. The summed E-state index contributed by atoms with van der Waals surface area (Å²) in [7, 11) is 0. The predicted molar refractivity (Wildman–Crippen MR) is 121 cm³/mol. The second-order valence-corrected chi connectivity index (χ2v) is 10.4. The Hall–Kier alpha value is -2.07. The van der Waals surface area contributed by atoms with E-state index in [1.54, 1.807) is 6.07 Å². The minimum absolute atomic E-state index is 0.0740. The number of rotatable bonds is 5. The predicted octanol–water partition coefficient (Wildman–Crippen LogP) is 5.11. The topological polar surface area (TPSA) is 53.2 Å². The van der Waals surface area contributed by atoms with Gasteiger partial charge in [0.25, 0.3) is 5.56 Å². The molecule has 1 aliphatic carbocycles. The summed E-state index contributed by atoms with van der Waals surface area (Å²) in [6.45, 7) is 8.30. The van der Waals surface area contributed by atoms with Gasteiger partial charge in [-0.2, -0.15) is 0 Å². The molecule has 2 heterocycles. The molecule has 1 aromatic heterocycles. The summed E-state index contributed by atoms with van der Waals surface area (Å²) in [6.07, 6.45) is 4.03. The molecular formula is C25H31ClN2O2. The summed E-state index contributed by atoms with van der Waals surface area (Å²) in [5.41, 5.74) is 3.21. The molecule has 2 fully saturated rings. The summed E-state index contributed by atoms with van der Waals surface area (Å²) in [5.74, 6) is 1.12. The molecule has 4 rings (SSSR count). The van der Waals surface area contributed by atoms with Crippen molar-refractivity contribution in [1.82, 2.24) is 9.88 Å². The number of amides is 1. The van der Waals surface area contributed by atoms with Gasteiger partial charge in [0.2, 0.25) is 5.91 Å². The SMILES string of the molecule is CC(C)(C)c1ccc(C(C[C@H]2CCN(C(=O)C3CC3)C2)c2ccc(Cl)c(=O)[nH]2)cc1. The molecule has 5 heteroatoms. The third-order valence-electron chi connectivity index (χ3n) is 6.53. The summed E-state index contributed by atoms with van der Waals surface area (Å²) in [6, 6.07) is 12.3. The standard InChI is InChI=1S/C25H31ClN2O2/c1-25(2,3)19-8-6-17(7-9-19)20(22-11-10-21(26)23(29)27-22)14-16-12-13-28(15-16)24(30)18-4-5-18/h6-11,16,18,20H,4-5,12-15H2,1-3H3,(H,27,29)/t16-,20?/m1/s1. The molecule has 1 N–H and O–H groups in total. The van der Waals surface area contributed by atoms with Gasteiger partial charge in [0.15, 0.2) is 0 Å². The zero-order chi connectivity index (χ0) is 21.5. The van der Waals surface area contributed by atoms with Gasteiger partial charge < -0.3 is 9.88 Å². The van der Waals surface area contributed by atoms with Crippen LogP contribution in [0.25, 0.3) is 0 Å². The number of benzene rings is 1. The van der Waals surface area contributed by atoms with Crippen molar-refractivity contribution in [3.05, 3.63) is 68.6 Å². The zero-order valence-corrected chi connectivity index (χ0v) is 18.8. The highest BCUT2D eigenvalue weighted by atomic mass is 35.5. The van der Waals surface area contributed by atoms with Crippen LogP contribution in [-0.4, -0.2) is 28.9 Å². The Kier molecular flexibility index (Phi) is 5.80. The number of carbonyl (C=O) groups excluding carboxylic acids is 1. The highest BCUT2D eigenvalue weighted by Crippen LogP contribution is 2.37. The molecule has 2 aliphatic rings. The first-order valence-electron chi connectivity index (χ1n) is 11.0. The van der Waals surface area contributed by atoms with Gasteiger partial charge in [0.05, 0.1) is 0 Å². The second-order valence-electron chi connectivity index (χ2n) is 9.96. The van der Waals surface area contributed by atoms with Crippen LogP contribution in [0.15, 0.2) is 41.2 Å². The molecule has 2 atom stereocenters. The van der Waals surface area contributed by atoms with Crippen LogP contribution in [0.2, 0.25) is 5.02 Å². The number of H-pyrrole nitrogens is 1. The van der Waals surface area contributed by atoms with Crippen molar-refractivity contribution in [3.8, 4) is 0 Å². The maximum Gasteiger partial charge on any atom is 0.266 e. The van der Waals surface area contributed by atoms with Crippen LogP contribution < -0.4 is 5.56 Å². The lowest BCUT2D eigenvalue weighted by molar-refractivity contribution is -0.131. The molecule has 30 heavy (non-hydrogen) atoms. The molecular weight excluding hydrogens is 396 g/mol. The van der Waals surface area contributed by atoms with Crippen LogP contribution in [-0.2, 0) is 10.2 Å². The van der Waals surface area contributed by atoms with Crippen LogP contribution in [0, 0.1) is 11.8 Å². The van der Waals surface area contributed by atoms with E-state index in [9.17, 15) is 9.59 Å². The molecule has 0 spiro atoms. The van der Waals surface area contributed by atoms with E-state index in [0.29, 0.717) is 11.8 Å². The van der Waals surface area contributed by atoms with Crippen molar-refractivity contribution in [3.63, 3.8) is 0 Å². The molecule has 160 valence electrons. The lowest BCUT2D eigenvalue weighted by Gasteiger charge is -2.24. The van der Waals surface area contributed by atoms with E-state index in [0.717, 1.165) is 44.5 Å². The monoisotopic (exact) mass is 426 g/mol. The van der Waals surface area contributed by atoms with E-state index in [-0.39, 0.29) is 27.8 Å². The van der Waals surface area contributed by atoms with Crippen molar-refractivity contribution >= 4 is 17.5 Å². The van der Waals surface area contributed by atoms with Gasteiger partial charge in [0.1, 0.15) is 5.02 Å². The number of nitrogens with zero attached hydrogens (tertiary/aromatic N) is 1. The minimum Gasteiger partial charge on any atom is -0.342 e. The Labute approximate surface area is 183 Å². The van der Waals surface area contributed by atoms with E-state index < -0.39 is 0 Å². The lowest BCUT2D eigenvalue weighted by atomic mass is 9.82. The van der Waals surface area contributed by atoms with Gasteiger partial charge in [-0.15, -0.1) is 0 Å². The summed E-state index contributed by atoms with van der Waals surface area (Å²) in [4.78, 5) is 29.7. The van der Waals surface area contributed by atoms with Crippen LogP contribution in [0.1, 0.15) is 69.2 Å². The highest BCUT2D eigenvalue weighted by molar-refractivity contribution is 6.30. The van der Waals surface area contributed by atoms with Crippen molar-refractivity contribution in [2.24, 2.45) is 11.8 Å². The molecule has 1 unspecified atom stereocenters. The number of pyridine rings is 1. The quantitative estimate of drug-likeness (QED) is 0.722. The maximum absolute atomic E-state index is 12.5. The normalized spacial score (nSPS) is 20.4. The van der Waals surface area contributed by atoms with Gasteiger partial charge >= 0.3 is 0 Å². The summed E-state index contributed by atoms with van der Waals surface area (Å²) >= 11 is 5.97. The number of hydrogen-bond donors (Lipinski definition) is 1. The van der Waals surface area contributed by atoms with Gasteiger partial charge in [-0.05, 0) is 60.3 Å². The zero-order valence-electron chi connectivity index (χ0n) is 18.1. The molecule has 4 nitrogen and oxygen atoms in total. The number of carbonyl (C=O) groups is 1. The van der Waals surface area contributed by atoms with Crippen LogP contribution in [0.5, 0.6) is 0 Å². The molecule has 1 saturated heterocycles. The molecule has 1 aromatic carbocycles. The van der Waals surface area contributed by atoms with Gasteiger partial charge in [-0.3, -0.25) is 9.59 Å². The number of hydrogen-bond acceptors (Lipinski definition) is 2. The van der Waals surface area contributed by atoms with E-state index in [2.05, 4.69) is 50.0 Å². The number of halogens is 1. The average Bonchev–Trinajstić information content (AvgIpc) is 3.45. The maximum atomic E-state index is 12.5. The van der Waals surface area contributed by atoms with E-state index in [1.807, 2.05) is 11.0 Å². The fourth-order valence-corrected chi connectivity index (χ4v) is 4.59. The first-order valence-corrected chi connectivity index (χ1v) is 11.4. The second kappa shape index (κ2) is 8.22. The number of nitrogens with one attached hydrogen (secondary N) is 1. The number of likely N-dealkylation sites (tertiary alicyclic amines) is 1. The Bertz CT molecular complexity index is 970. The van der Waals surface area contributed by atoms with Crippen molar-refractivity contribution < 1.29 is 4.79 Å². The van der Waals surface area contributed by atoms with Crippen LogP contribution >= 0.6 is 11.6 Å². The van der Waals surface area contributed by atoms with E-state index in [1.165, 1.54) is 11.1 Å². The Morgan fingerprint density at radius 3 is 2.43 bits per heavy atom. The summed E-state index contributed by atoms with van der Waals surface area (Å²) in [5, 5.41) is 0.211. The van der Waals surface area contributed by atoms with E-state index >= 15 is 0 Å². The molecule has 0 radical (unpaired) electrons. The Morgan fingerprint density at radius 2 is 1.83 bits per heavy atom. The van der Waals surface area contributed by atoms with Crippen molar-refractivity contribution in [2.45, 2.75) is 57.8 Å². The molecule has 1 amide bonds. The van der Waals surface area contributed by atoms with Crippen LogP contribution in [0.3, 0.4) is 0 Å². The van der Waals surface area contributed by atoms with Crippen LogP contribution in [0.4, 0.5) is 0 Å². The van der Waals surface area contributed by atoms with Gasteiger partial charge in [0, 0.05) is 30.6 Å². The highest BCUT2D eigenvalue weighted by Gasteiger charge is 2.37. The molecule has 2 aromatic rings. The Morgan fingerprint density at radius 1 is 1.13 bits per heavy atom. The fourth-order valence-electron chi connectivity index (χ4n) is 4.48.